The fourth-order valence-corrected chi connectivity index (χ4v) is 3.59. The van der Waals surface area contributed by atoms with Crippen LogP contribution >= 0.6 is 11.8 Å². The van der Waals surface area contributed by atoms with Crippen molar-refractivity contribution in [1.29, 1.82) is 0 Å². The molecule has 1 aromatic carbocycles. The minimum absolute atomic E-state index is 0.0342. The number of rotatable bonds is 4. The molecule has 1 atom stereocenters. The Morgan fingerprint density at radius 3 is 2.70 bits per heavy atom. The molecule has 1 amide bonds. The largest absolute Gasteiger partial charge is 0.497 e. The maximum absolute atomic E-state index is 12.4. The summed E-state index contributed by atoms with van der Waals surface area (Å²) >= 11 is 1.47. The molecule has 0 bridgehead atoms. The van der Waals surface area contributed by atoms with E-state index in [0.717, 1.165) is 4.90 Å². The summed E-state index contributed by atoms with van der Waals surface area (Å²) in [4.78, 5) is 27.2. The zero-order valence-corrected chi connectivity index (χ0v) is 12.8. The third kappa shape index (κ3) is 2.82. The van der Waals surface area contributed by atoms with E-state index >= 15 is 0 Å². The van der Waals surface area contributed by atoms with Gasteiger partial charge in [0.25, 0.3) is 0 Å². The van der Waals surface area contributed by atoms with Gasteiger partial charge in [0.05, 0.1) is 12.4 Å². The Labute approximate surface area is 123 Å². The van der Waals surface area contributed by atoms with Gasteiger partial charge in [0, 0.05) is 30.0 Å². The number of hydrogen-bond donors (Lipinski definition) is 0. The summed E-state index contributed by atoms with van der Waals surface area (Å²) in [5.74, 6) is 0.786. The lowest BCUT2D eigenvalue weighted by atomic mass is 10.0. The zero-order chi connectivity index (χ0) is 14.7. The standard InChI is InChI=1S/C15H19NO3S/c1-4-16(5-2)15(18)14-9-12(17)11-7-6-10(19-3)8-13(11)20-14/h6-8,14H,4-5,9H2,1-3H3. The number of carbonyl (C=O) groups excluding carboxylic acids is 2. The van der Waals surface area contributed by atoms with E-state index in [1.165, 1.54) is 11.8 Å². The number of fused-ring (bicyclic) bond motifs is 1. The molecule has 0 aromatic heterocycles. The molecule has 1 aliphatic rings. The number of hydrogen-bond acceptors (Lipinski definition) is 4. The van der Waals surface area contributed by atoms with Crippen molar-refractivity contribution in [2.45, 2.75) is 30.4 Å². The molecule has 1 aromatic rings. The van der Waals surface area contributed by atoms with Crippen molar-refractivity contribution < 1.29 is 14.3 Å². The molecule has 0 saturated heterocycles. The molecule has 5 heteroatoms. The van der Waals surface area contributed by atoms with Crippen LogP contribution in [-0.2, 0) is 4.79 Å². The van der Waals surface area contributed by atoms with Crippen LogP contribution in [0.25, 0.3) is 0 Å². The van der Waals surface area contributed by atoms with Crippen LogP contribution in [0.1, 0.15) is 30.6 Å². The van der Waals surface area contributed by atoms with Crippen molar-refractivity contribution in [3.63, 3.8) is 0 Å². The summed E-state index contributed by atoms with van der Waals surface area (Å²) in [6.07, 6.45) is 0.277. The molecule has 0 aliphatic carbocycles. The average Bonchev–Trinajstić information content (AvgIpc) is 2.47. The lowest BCUT2D eigenvalue weighted by molar-refractivity contribution is -0.130. The summed E-state index contributed by atoms with van der Waals surface area (Å²) in [6.45, 7) is 5.25. The molecule has 1 unspecified atom stereocenters. The topological polar surface area (TPSA) is 46.6 Å². The summed E-state index contributed by atoms with van der Waals surface area (Å²) < 4.78 is 5.18. The highest BCUT2D eigenvalue weighted by atomic mass is 32.2. The number of amides is 1. The van der Waals surface area contributed by atoms with Crippen molar-refractivity contribution in [3.05, 3.63) is 23.8 Å². The number of ketones is 1. The van der Waals surface area contributed by atoms with E-state index in [2.05, 4.69) is 0 Å². The molecule has 0 spiro atoms. The van der Waals surface area contributed by atoms with Gasteiger partial charge >= 0.3 is 0 Å². The Morgan fingerprint density at radius 2 is 2.10 bits per heavy atom. The molecule has 0 saturated carbocycles. The van der Waals surface area contributed by atoms with Crippen LogP contribution in [0.2, 0.25) is 0 Å². The van der Waals surface area contributed by atoms with Gasteiger partial charge in [-0.3, -0.25) is 9.59 Å². The van der Waals surface area contributed by atoms with Gasteiger partial charge in [0.15, 0.2) is 5.78 Å². The second kappa shape index (κ2) is 6.31. The van der Waals surface area contributed by atoms with E-state index in [1.54, 1.807) is 24.1 Å². The van der Waals surface area contributed by atoms with E-state index < -0.39 is 0 Å². The first-order chi connectivity index (χ1) is 9.60. The molecule has 2 rings (SSSR count). The number of nitrogens with zero attached hydrogens (tertiary/aromatic N) is 1. The molecule has 1 aliphatic heterocycles. The molecule has 4 nitrogen and oxygen atoms in total. The van der Waals surface area contributed by atoms with E-state index in [-0.39, 0.29) is 23.4 Å². The minimum atomic E-state index is -0.318. The average molecular weight is 293 g/mol. The fourth-order valence-electron chi connectivity index (χ4n) is 2.31. The van der Waals surface area contributed by atoms with E-state index in [9.17, 15) is 9.59 Å². The molecular weight excluding hydrogens is 274 g/mol. The molecule has 20 heavy (non-hydrogen) atoms. The van der Waals surface area contributed by atoms with Crippen LogP contribution < -0.4 is 4.74 Å². The third-order valence-electron chi connectivity index (χ3n) is 3.48. The molecule has 0 N–H and O–H groups in total. The number of methoxy groups -OCH3 is 1. The SMILES string of the molecule is CCN(CC)C(=O)C1CC(=O)c2ccc(OC)cc2S1. The molecule has 108 valence electrons. The molecule has 0 fully saturated rings. The van der Waals surface area contributed by atoms with Gasteiger partial charge in [-0.15, -0.1) is 11.8 Å². The second-order valence-electron chi connectivity index (χ2n) is 4.61. The Bertz CT molecular complexity index is 526. The molecular formula is C15H19NO3S. The van der Waals surface area contributed by atoms with Gasteiger partial charge in [-0.05, 0) is 32.0 Å². The van der Waals surface area contributed by atoms with Crippen LogP contribution in [0.5, 0.6) is 5.75 Å². The van der Waals surface area contributed by atoms with E-state index in [0.29, 0.717) is 24.4 Å². The molecule has 1 heterocycles. The monoisotopic (exact) mass is 293 g/mol. The van der Waals surface area contributed by atoms with Gasteiger partial charge in [-0.25, -0.2) is 0 Å². The normalized spacial score (nSPS) is 17.6. The quantitative estimate of drug-likeness (QED) is 0.856. The summed E-state index contributed by atoms with van der Waals surface area (Å²) in [5, 5.41) is -0.318. The summed E-state index contributed by atoms with van der Waals surface area (Å²) in [5.41, 5.74) is 0.694. The highest BCUT2D eigenvalue weighted by molar-refractivity contribution is 8.00. The number of Topliss-reactive ketones (excluding diaryl/α,β-unsaturated/α-hetero) is 1. The lowest BCUT2D eigenvalue weighted by Crippen LogP contribution is -2.39. The first-order valence-electron chi connectivity index (χ1n) is 6.77. The smallest absolute Gasteiger partial charge is 0.236 e. The van der Waals surface area contributed by atoms with Crippen molar-refractivity contribution in [3.8, 4) is 5.75 Å². The van der Waals surface area contributed by atoms with Gasteiger partial charge in [0.1, 0.15) is 5.75 Å². The predicted molar refractivity (Wildman–Crippen MR) is 79.5 cm³/mol. The Hall–Kier alpha value is -1.49. The minimum Gasteiger partial charge on any atom is -0.497 e. The van der Waals surface area contributed by atoms with Crippen LogP contribution in [0, 0.1) is 0 Å². The van der Waals surface area contributed by atoms with Gasteiger partial charge < -0.3 is 9.64 Å². The first-order valence-corrected chi connectivity index (χ1v) is 7.65. The van der Waals surface area contributed by atoms with Crippen molar-refractivity contribution >= 4 is 23.5 Å². The predicted octanol–water partition coefficient (Wildman–Crippen LogP) is 2.61. The zero-order valence-electron chi connectivity index (χ0n) is 12.0. The Balaban J connectivity index is 2.25. The first kappa shape index (κ1) is 14.9. The second-order valence-corrected chi connectivity index (χ2v) is 5.85. The third-order valence-corrected chi connectivity index (χ3v) is 4.72. The van der Waals surface area contributed by atoms with Crippen molar-refractivity contribution in [2.75, 3.05) is 20.2 Å². The van der Waals surface area contributed by atoms with Crippen LogP contribution in [0.3, 0.4) is 0 Å². The maximum Gasteiger partial charge on any atom is 0.236 e. The lowest BCUT2D eigenvalue weighted by Gasteiger charge is -2.27. The number of ether oxygens (including phenoxy) is 1. The van der Waals surface area contributed by atoms with Crippen LogP contribution in [0.4, 0.5) is 0 Å². The number of benzene rings is 1. The highest BCUT2D eigenvalue weighted by Gasteiger charge is 2.32. The van der Waals surface area contributed by atoms with Crippen LogP contribution in [-0.4, -0.2) is 42.0 Å². The number of carbonyl (C=O) groups is 2. The van der Waals surface area contributed by atoms with Crippen LogP contribution in [0.15, 0.2) is 23.1 Å². The fraction of sp³-hybridized carbons (Fsp3) is 0.467. The Morgan fingerprint density at radius 1 is 1.40 bits per heavy atom. The van der Waals surface area contributed by atoms with E-state index in [4.69, 9.17) is 4.74 Å². The Kier molecular flexibility index (Phi) is 4.70. The molecule has 0 radical (unpaired) electrons. The maximum atomic E-state index is 12.4. The van der Waals surface area contributed by atoms with Crippen molar-refractivity contribution in [1.82, 2.24) is 4.90 Å². The highest BCUT2D eigenvalue weighted by Crippen LogP contribution is 2.38. The van der Waals surface area contributed by atoms with Gasteiger partial charge in [-0.2, -0.15) is 0 Å². The summed E-state index contributed by atoms with van der Waals surface area (Å²) in [6, 6.07) is 5.39. The van der Waals surface area contributed by atoms with Gasteiger partial charge in [0.2, 0.25) is 5.91 Å². The van der Waals surface area contributed by atoms with Crippen molar-refractivity contribution in [2.24, 2.45) is 0 Å². The van der Waals surface area contributed by atoms with Gasteiger partial charge in [-0.1, -0.05) is 0 Å². The number of thioether (sulfide) groups is 1. The van der Waals surface area contributed by atoms with E-state index in [1.807, 2.05) is 19.9 Å². The summed E-state index contributed by atoms with van der Waals surface area (Å²) in [7, 11) is 1.59.